The molecule has 0 bridgehead atoms. The number of fused-ring (bicyclic) bond motifs is 1. The molecule has 1 aromatic carbocycles. The van der Waals surface area contributed by atoms with Crippen LogP contribution in [0.4, 0.5) is 0 Å². The largest absolute Gasteiger partial charge is 0.287 e. The molecule has 0 radical (unpaired) electrons. The summed E-state index contributed by atoms with van der Waals surface area (Å²) in [6, 6.07) is 14.4. The van der Waals surface area contributed by atoms with Gasteiger partial charge in [-0.05, 0) is 30.2 Å². The van der Waals surface area contributed by atoms with Crippen molar-refractivity contribution in [1.82, 2.24) is 14.6 Å². The van der Waals surface area contributed by atoms with Crippen LogP contribution in [0.3, 0.4) is 0 Å². The van der Waals surface area contributed by atoms with Crippen LogP contribution in [-0.2, 0) is 0 Å². The smallest absolute Gasteiger partial charge is 0.161 e. The second kappa shape index (κ2) is 3.45. The first kappa shape index (κ1) is 9.09. The maximum Gasteiger partial charge on any atom is 0.161 e. The van der Waals surface area contributed by atoms with Gasteiger partial charge in [-0.25, -0.2) is 0 Å². The number of benzene rings is 1. The molecule has 78 valence electrons. The molecular weight excluding hydrogens is 198 g/mol. The lowest BCUT2D eigenvalue weighted by Crippen LogP contribution is -1.87. The van der Waals surface area contributed by atoms with E-state index in [9.17, 15) is 0 Å². The average Bonchev–Trinajstić information content (AvgIpc) is 2.72. The second-order valence-electron chi connectivity index (χ2n) is 3.76. The van der Waals surface area contributed by atoms with E-state index in [0.29, 0.717) is 0 Å². The molecule has 0 unspecified atom stereocenters. The molecule has 2 aromatic heterocycles. The highest BCUT2D eigenvalue weighted by molar-refractivity contribution is 5.67. The third kappa shape index (κ3) is 1.37. The maximum absolute atomic E-state index is 4.12. The number of pyridine rings is 1. The number of hydrogen-bond donors (Lipinski definition) is 0. The Hall–Kier alpha value is -2.16. The minimum Gasteiger partial charge on any atom is -0.287 e. The predicted molar refractivity (Wildman–Crippen MR) is 63.2 cm³/mol. The molecule has 3 aromatic rings. The van der Waals surface area contributed by atoms with Crippen LogP contribution in [0.15, 0.2) is 48.7 Å². The van der Waals surface area contributed by atoms with Crippen molar-refractivity contribution < 1.29 is 0 Å². The molecule has 0 amide bonds. The lowest BCUT2D eigenvalue weighted by molar-refractivity contribution is 1.01. The van der Waals surface area contributed by atoms with Gasteiger partial charge in [0.1, 0.15) is 5.82 Å². The topological polar surface area (TPSA) is 30.2 Å². The van der Waals surface area contributed by atoms with Crippen molar-refractivity contribution in [1.29, 1.82) is 0 Å². The van der Waals surface area contributed by atoms with Crippen LogP contribution in [0.1, 0.15) is 5.82 Å². The molecule has 0 saturated carbocycles. The third-order valence-electron chi connectivity index (χ3n) is 2.69. The Balaban J connectivity index is 2.19. The van der Waals surface area contributed by atoms with Gasteiger partial charge in [-0.3, -0.25) is 4.40 Å². The monoisotopic (exact) mass is 209 g/mol. The number of rotatable bonds is 1. The fourth-order valence-electron chi connectivity index (χ4n) is 1.82. The van der Waals surface area contributed by atoms with Crippen LogP contribution in [0.25, 0.3) is 16.8 Å². The quantitative estimate of drug-likeness (QED) is 0.616. The third-order valence-corrected chi connectivity index (χ3v) is 2.69. The number of aromatic nitrogens is 3. The van der Waals surface area contributed by atoms with Gasteiger partial charge in [0.05, 0.1) is 0 Å². The van der Waals surface area contributed by atoms with E-state index in [1.165, 1.54) is 11.1 Å². The zero-order valence-electron chi connectivity index (χ0n) is 8.96. The summed E-state index contributed by atoms with van der Waals surface area (Å²) < 4.78 is 1.98. The highest BCUT2D eigenvalue weighted by Gasteiger charge is 2.02. The molecule has 0 saturated heterocycles. The summed E-state index contributed by atoms with van der Waals surface area (Å²) in [6.07, 6.45) is 2.01. The van der Waals surface area contributed by atoms with Crippen molar-refractivity contribution in [2.45, 2.75) is 6.92 Å². The molecule has 0 aliphatic carbocycles. The van der Waals surface area contributed by atoms with Gasteiger partial charge in [0.25, 0.3) is 0 Å². The van der Waals surface area contributed by atoms with Crippen molar-refractivity contribution in [2.24, 2.45) is 0 Å². The minimum absolute atomic E-state index is 0.888. The van der Waals surface area contributed by atoms with Crippen LogP contribution in [0.2, 0.25) is 0 Å². The van der Waals surface area contributed by atoms with E-state index in [4.69, 9.17) is 0 Å². The van der Waals surface area contributed by atoms with Crippen molar-refractivity contribution in [2.75, 3.05) is 0 Å². The van der Waals surface area contributed by atoms with Crippen molar-refractivity contribution >= 4 is 5.65 Å². The Morgan fingerprint density at radius 2 is 1.75 bits per heavy atom. The first-order valence-electron chi connectivity index (χ1n) is 5.21. The summed E-state index contributed by atoms with van der Waals surface area (Å²) in [5, 5.41) is 8.16. The SMILES string of the molecule is Cc1nnc2cc(-c3ccccc3)ccn12. The summed E-state index contributed by atoms with van der Waals surface area (Å²) in [5.74, 6) is 0.912. The van der Waals surface area contributed by atoms with Crippen LogP contribution in [-0.4, -0.2) is 14.6 Å². The normalized spacial score (nSPS) is 10.8. The van der Waals surface area contributed by atoms with Crippen LogP contribution in [0.5, 0.6) is 0 Å². The second-order valence-corrected chi connectivity index (χ2v) is 3.76. The maximum atomic E-state index is 4.12. The number of hydrogen-bond acceptors (Lipinski definition) is 2. The molecule has 0 spiro atoms. The van der Waals surface area contributed by atoms with Gasteiger partial charge in [0.15, 0.2) is 5.65 Å². The minimum atomic E-state index is 0.888. The number of nitrogens with zero attached hydrogens (tertiary/aromatic N) is 3. The van der Waals surface area contributed by atoms with Gasteiger partial charge in [-0.1, -0.05) is 30.3 Å². The molecule has 0 aliphatic rings. The molecule has 3 nitrogen and oxygen atoms in total. The summed E-state index contributed by atoms with van der Waals surface area (Å²) in [4.78, 5) is 0. The first-order valence-corrected chi connectivity index (χ1v) is 5.21. The highest BCUT2D eigenvalue weighted by Crippen LogP contribution is 2.19. The molecule has 0 N–H and O–H groups in total. The van der Waals surface area contributed by atoms with Crippen molar-refractivity contribution in [3.63, 3.8) is 0 Å². The molecule has 3 heteroatoms. The van der Waals surface area contributed by atoms with E-state index in [0.717, 1.165) is 11.5 Å². The van der Waals surface area contributed by atoms with Gasteiger partial charge in [-0.2, -0.15) is 0 Å². The van der Waals surface area contributed by atoms with Crippen molar-refractivity contribution in [3.05, 3.63) is 54.5 Å². The Kier molecular flexibility index (Phi) is 1.96. The summed E-state index contributed by atoms with van der Waals surface area (Å²) >= 11 is 0. The lowest BCUT2D eigenvalue weighted by Gasteiger charge is -2.01. The summed E-state index contributed by atoms with van der Waals surface area (Å²) in [5.41, 5.74) is 3.25. The first-order chi connectivity index (χ1) is 7.84. The van der Waals surface area contributed by atoms with Crippen LogP contribution >= 0.6 is 0 Å². The summed E-state index contributed by atoms with van der Waals surface area (Å²) in [6.45, 7) is 1.95. The molecule has 0 aliphatic heterocycles. The van der Waals surface area contributed by atoms with Gasteiger partial charge >= 0.3 is 0 Å². The van der Waals surface area contributed by atoms with Crippen LogP contribution < -0.4 is 0 Å². The average molecular weight is 209 g/mol. The highest BCUT2D eigenvalue weighted by atomic mass is 15.2. The van der Waals surface area contributed by atoms with Crippen molar-refractivity contribution in [3.8, 4) is 11.1 Å². The lowest BCUT2D eigenvalue weighted by atomic mass is 10.1. The molecule has 0 fully saturated rings. The Bertz CT molecular complexity index is 626. The molecule has 16 heavy (non-hydrogen) atoms. The molecule has 2 heterocycles. The zero-order valence-corrected chi connectivity index (χ0v) is 8.96. The fourth-order valence-corrected chi connectivity index (χ4v) is 1.82. The van der Waals surface area contributed by atoms with E-state index >= 15 is 0 Å². The molecule has 3 rings (SSSR count). The predicted octanol–water partition coefficient (Wildman–Crippen LogP) is 2.70. The summed E-state index contributed by atoms with van der Waals surface area (Å²) in [7, 11) is 0. The Labute approximate surface area is 93.4 Å². The fraction of sp³-hybridized carbons (Fsp3) is 0.0769. The van der Waals surface area contributed by atoms with Gasteiger partial charge in [-0.15, -0.1) is 10.2 Å². The van der Waals surface area contributed by atoms with E-state index in [1.807, 2.05) is 35.7 Å². The Morgan fingerprint density at radius 3 is 2.56 bits per heavy atom. The van der Waals surface area contributed by atoms with Gasteiger partial charge in [0.2, 0.25) is 0 Å². The molecular formula is C13H11N3. The van der Waals surface area contributed by atoms with Crippen LogP contribution in [0, 0.1) is 6.92 Å². The Morgan fingerprint density at radius 1 is 0.938 bits per heavy atom. The zero-order chi connectivity index (χ0) is 11.0. The molecule has 0 atom stereocenters. The van der Waals surface area contributed by atoms with E-state index in [2.05, 4.69) is 34.5 Å². The van der Waals surface area contributed by atoms with Gasteiger partial charge in [0, 0.05) is 6.20 Å². The van der Waals surface area contributed by atoms with E-state index in [1.54, 1.807) is 0 Å². The standard InChI is InChI=1S/C13H11N3/c1-10-14-15-13-9-12(7-8-16(10)13)11-5-3-2-4-6-11/h2-9H,1H3. The number of aryl methyl sites for hydroxylation is 1. The van der Waals surface area contributed by atoms with E-state index < -0.39 is 0 Å². The van der Waals surface area contributed by atoms with E-state index in [-0.39, 0.29) is 0 Å². The van der Waals surface area contributed by atoms with Gasteiger partial charge < -0.3 is 0 Å².